The van der Waals surface area contributed by atoms with Gasteiger partial charge in [-0.2, -0.15) is 0 Å². The first kappa shape index (κ1) is 10.9. The van der Waals surface area contributed by atoms with Gasteiger partial charge in [-0.15, -0.1) is 0 Å². The molecule has 2 rings (SSSR count). The molecule has 2 fully saturated rings. The minimum absolute atomic E-state index is 0.269. The molecule has 0 aromatic heterocycles. The SMILES string of the molecule is CCCC(=O)N1CCC2(CC1)OCCO2. The highest BCUT2D eigenvalue weighted by Gasteiger charge is 2.40. The van der Waals surface area contributed by atoms with E-state index in [0.717, 1.165) is 32.4 Å². The zero-order chi connectivity index (χ0) is 10.7. The minimum atomic E-state index is -0.358. The number of nitrogens with zero attached hydrogens (tertiary/aromatic N) is 1. The number of amides is 1. The summed E-state index contributed by atoms with van der Waals surface area (Å²) in [5.41, 5.74) is 0. The van der Waals surface area contributed by atoms with Gasteiger partial charge < -0.3 is 14.4 Å². The average molecular weight is 213 g/mol. The summed E-state index contributed by atoms with van der Waals surface area (Å²) >= 11 is 0. The molecule has 15 heavy (non-hydrogen) atoms. The van der Waals surface area contributed by atoms with Crippen LogP contribution in [-0.2, 0) is 14.3 Å². The summed E-state index contributed by atoms with van der Waals surface area (Å²) in [6.07, 6.45) is 3.23. The summed E-state index contributed by atoms with van der Waals surface area (Å²) in [5, 5.41) is 0. The molecule has 0 N–H and O–H groups in total. The van der Waals surface area contributed by atoms with E-state index in [1.165, 1.54) is 0 Å². The van der Waals surface area contributed by atoms with E-state index >= 15 is 0 Å². The first-order valence-electron chi connectivity index (χ1n) is 5.81. The first-order chi connectivity index (χ1) is 7.26. The molecule has 2 aliphatic heterocycles. The van der Waals surface area contributed by atoms with Gasteiger partial charge in [0.2, 0.25) is 5.91 Å². The van der Waals surface area contributed by atoms with Crippen molar-refractivity contribution in [2.24, 2.45) is 0 Å². The van der Waals surface area contributed by atoms with E-state index in [9.17, 15) is 4.79 Å². The lowest BCUT2D eigenvalue weighted by atomic mass is 10.0. The molecule has 4 heteroatoms. The van der Waals surface area contributed by atoms with Crippen molar-refractivity contribution in [3.8, 4) is 0 Å². The minimum Gasteiger partial charge on any atom is -0.347 e. The van der Waals surface area contributed by atoms with Gasteiger partial charge >= 0.3 is 0 Å². The van der Waals surface area contributed by atoms with Crippen LogP contribution in [-0.4, -0.2) is 42.9 Å². The topological polar surface area (TPSA) is 38.8 Å². The van der Waals surface area contributed by atoms with Crippen LogP contribution in [0.15, 0.2) is 0 Å². The second kappa shape index (κ2) is 4.49. The Balaban J connectivity index is 1.83. The van der Waals surface area contributed by atoms with Crippen LogP contribution in [0.2, 0.25) is 0 Å². The predicted molar refractivity (Wildman–Crippen MR) is 55.4 cm³/mol. The van der Waals surface area contributed by atoms with Gasteiger partial charge in [0.05, 0.1) is 13.2 Å². The Morgan fingerprint density at radius 1 is 1.27 bits per heavy atom. The van der Waals surface area contributed by atoms with E-state index in [0.29, 0.717) is 19.6 Å². The maximum Gasteiger partial charge on any atom is 0.222 e. The number of hydrogen-bond acceptors (Lipinski definition) is 3. The quantitative estimate of drug-likeness (QED) is 0.690. The van der Waals surface area contributed by atoms with Crippen LogP contribution in [0, 0.1) is 0 Å². The number of carbonyl (C=O) groups is 1. The van der Waals surface area contributed by atoms with Crippen LogP contribution in [0.1, 0.15) is 32.6 Å². The average Bonchev–Trinajstić information content (AvgIpc) is 2.68. The van der Waals surface area contributed by atoms with Gasteiger partial charge in [0.15, 0.2) is 5.79 Å². The van der Waals surface area contributed by atoms with Gasteiger partial charge in [-0.25, -0.2) is 0 Å². The van der Waals surface area contributed by atoms with Crippen molar-refractivity contribution in [3.05, 3.63) is 0 Å². The highest BCUT2D eigenvalue weighted by atomic mass is 16.7. The molecular weight excluding hydrogens is 194 g/mol. The summed E-state index contributed by atoms with van der Waals surface area (Å²) in [6, 6.07) is 0. The van der Waals surface area contributed by atoms with Gasteiger partial charge in [0.25, 0.3) is 0 Å². The van der Waals surface area contributed by atoms with Gasteiger partial charge in [0.1, 0.15) is 0 Å². The largest absolute Gasteiger partial charge is 0.347 e. The van der Waals surface area contributed by atoms with Crippen molar-refractivity contribution in [3.63, 3.8) is 0 Å². The van der Waals surface area contributed by atoms with Crippen molar-refractivity contribution in [2.75, 3.05) is 26.3 Å². The Morgan fingerprint density at radius 3 is 2.40 bits per heavy atom. The summed E-state index contributed by atoms with van der Waals surface area (Å²) in [6.45, 7) is 4.98. The zero-order valence-corrected chi connectivity index (χ0v) is 9.33. The molecule has 1 amide bonds. The fraction of sp³-hybridized carbons (Fsp3) is 0.909. The molecular formula is C11H19NO3. The second-order valence-corrected chi connectivity index (χ2v) is 4.24. The van der Waals surface area contributed by atoms with E-state index in [-0.39, 0.29) is 11.7 Å². The smallest absolute Gasteiger partial charge is 0.222 e. The third-order valence-electron chi connectivity index (χ3n) is 3.16. The molecule has 0 radical (unpaired) electrons. The van der Waals surface area contributed by atoms with Crippen molar-refractivity contribution in [1.29, 1.82) is 0 Å². The van der Waals surface area contributed by atoms with Crippen molar-refractivity contribution < 1.29 is 14.3 Å². The van der Waals surface area contributed by atoms with E-state index in [1.807, 2.05) is 11.8 Å². The van der Waals surface area contributed by atoms with Crippen molar-refractivity contribution in [2.45, 2.75) is 38.4 Å². The molecule has 0 aromatic carbocycles. The molecule has 2 saturated heterocycles. The Morgan fingerprint density at radius 2 is 1.87 bits per heavy atom. The monoisotopic (exact) mass is 213 g/mol. The summed E-state index contributed by atoms with van der Waals surface area (Å²) < 4.78 is 11.2. The molecule has 0 atom stereocenters. The molecule has 0 bridgehead atoms. The van der Waals surface area contributed by atoms with Crippen LogP contribution >= 0.6 is 0 Å². The summed E-state index contributed by atoms with van der Waals surface area (Å²) in [5.74, 6) is -0.0893. The maximum atomic E-state index is 11.6. The van der Waals surface area contributed by atoms with Crippen LogP contribution in [0.25, 0.3) is 0 Å². The third-order valence-corrected chi connectivity index (χ3v) is 3.16. The molecule has 0 unspecified atom stereocenters. The molecule has 0 aliphatic carbocycles. The van der Waals surface area contributed by atoms with E-state index in [2.05, 4.69) is 0 Å². The van der Waals surface area contributed by atoms with Gasteiger partial charge in [0, 0.05) is 32.4 Å². The molecule has 0 aromatic rings. The fourth-order valence-corrected chi connectivity index (χ4v) is 2.25. The standard InChI is InChI=1S/C11H19NO3/c1-2-3-10(13)12-6-4-11(5-7-12)14-8-9-15-11/h2-9H2,1H3. The van der Waals surface area contributed by atoms with E-state index in [1.54, 1.807) is 0 Å². The number of ether oxygens (including phenoxy) is 2. The highest BCUT2D eigenvalue weighted by molar-refractivity contribution is 5.76. The van der Waals surface area contributed by atoms with Crippen LogP contribution < -0.4 is 0 Å². The zero-order valence-electron chi connectivity index (χ0n) is 9.33. The molecule has 1 spiro atoms. The molecule has 86 valence electrons. The number of hydrogen-bond donors (Lipinski definition) is 0. The second-order valence-electron chi connectivity index (χ2n) is 4.24. The van der Waals surface area contributed by atoms with E-state index in [4.69, 9.17) is 9.47 Å². The normalized spacial score (nSPS) is 24.7. The fourth-order valence-electron chi connectivity index (χ4n) is 2.25. The number of piperidine rings is 1. The molecule has 4 nitrogen and oxygen atoms in total. The Labute approximate surface area is 90.5 Å². The predicted octanol–water partition coefficient (Wildman–Crippen LogP) is 1.15. The van der Waals surface area contributed by atoms with Crippen LogP contribution in [0.3, 0.4) is 0 Å². The maximum absolute atomic E-state index is 11.6. The molecule has 2 heterocycles. The van der Waals surface area contributed by atoms with Gasteiger partial charge in [-0.3, -0.25) is 4.79 Å². The number of rotatable bonds is 2. The lowest BCUT2D eigenvalue weighted by molar-refractivity contribution is -0.187. The highest BCUT2D eigenvalue weighted by Crippen LogP contribution is 2.31. The summed E-state index contributed by atoms with van der Waals surface area (Å²) in [7, 11) is 0. The lowest BCUT2D eigenvalue weighted by Crippen LogP contribution is -2.47. The Hall–Kier alpha value is -0.610. The van der Waals surface area contributed by atoms with Gasteiger partial charge in [-0.05, 0) is 6.42 Å². The first-order valence-corrected chi connectivity index (χ1v) is 5.81. The summed E-state index contributed by atoms with van der Waals surface area (Å²) in [4.78, 5) is 13.6. The van der Waals surface area contributed by atoms with Crippen LogP contribution in [0.5, 0.6) is 0 Å². The molecule has 0 saturated carbocycles. The Bertz CT molecular complexity index is 226. The number of likely N-dealkylation sites (tertiary alicyclic amines) is 1. The lowest BCUT2D eigenvalue weighted by Gasteiger charge is -2.37. The van der Waals surface area contributed by atoms with Crippen molar-refractivity contribution >= 4 is 5.91 Å². The van der Waals surface area contributed by atoms with Gasteiger partial charge in [-0.1, -0.05) is 6.92 Å². The number of carbonyl (C=O) groups excluding carboxylic acids is 1. The van der Waals surface area contributed by atoms with Crippen molar-refractivity contribution in [1.82, 2.24) is 4.90 Å². The van der Waals surface area contributed by atoms with E-state index < -0.39 is 0 Å². The molecule has 2 aliphatic rings. The van der Waals surface area contributed by atoms with Crippen LogP contribution in [0.4, 0.5) is 0 Å². The third kappa shape index (κ3) is 2.32. The Kier molecular flexibility index (Phi) is 3.26.